The van der Waals surface area contributed by atoms with Gasteiger partial charge in [0.05, 0.1) is 10.2 Å². The molecule has 18 heavy (non-hydrogen) atoms. The summed E-state index contributed by atoms with van der Waals surface area (Å²) in [5, 5.41) is 5.73. The number of benzene rings is 1. The molecule has 1 aromatic heterocycles. The topological polar surface area (TPSA) is 49.8 Å². The van der Waals surface area contributed by atoms with Gasteiger partial charge in [-0.25, -0.2) is 9.37 Å². The number of nitrogens with one attached hydrogen (secondary N) is 2. The van der Waals surface area contributed by atoms with Gasteiger partial charge in [-0.2, -0.15) is 4.98 Å². The zero-order valence-electron chi connectivity index (χ0n) is 9.34. The van der Waals surface area contributed by atoms with Crippen LogP contribution in [-0.2, 0) is 0 Å². The van der Waals surface area contributed by atoms with Crippen LogP contribution in [0.15, 0.2) is 33.3 Å². The molecule has 0 radical (unpaired) electrons. The first-order valence-corrected chi connectivity index (χ1v) is 6.61. The fourth-order valence-corrected chi connectivity index (χ4v) is 1.95. The van der Waals surface area contributed by atoms with Crippen molar-refractivity contribution in [3.8, 4) is 0 Å². The van der Waals surface area contributed by atoms with E-state index in [1.807, 2.05) is 0 Å². The van der Waals surface area contributed by atoms with E-state index in [0.29, 0.717) is 21.9 Å². The Kier molecular flexibility index (Phi) is 4.13. The molecule has 2 rings (SSSR count). The predicted octanol–water partition coefficient (Wildman–Crippen LogP) is 3.93. The number of anilines is 3. The maximum Gasteiger partial charge on any atom is 0.224 e. The van der Waals surface area contributed by atoms with Crippen LogP contribution in [-0.4, -0.2) is 17.0 Å². The second-order valence-corrected chi connectivity index (χ2v) is 5.16. The van der Waals surface area contributed by atoms with E-state index >= 15 is 0 Å². The van der Waals surface area contributed by atoms with Crippen LogP contribution in [0.25, 0.3) is 0 Å². The summed E-state index contributed by atoms with van der Waals surface area (Å²) in [6.07, 6.45) is 1.59. The molecule has 94 valence electrons. The lowest BCUT2D eigenvalue weighted by atomic mass is 10.3. The van der Waals surface area contributed by atoms with Crippen LogP contribution in [0.2, 0.25) is 0 Å². The van der Waals surface area contributed by atoms with Crippen LogP contribution in [0.5, 0.6) is 0 Å². The minimum atomic E-state index is -0.352. The predicted molar refractivity (Wildman–Crippen MR) is 76.7 cm³/mol. The third kappa shape index (κ3) is 2.97. The second-order valence-electron chi connectivity index (χ2n) is 3.39. The van der Waals surface area contributed by atoms with Gasteiger partial charge in [0.25, 0.3) is 0 Å². The van der Waals surface area contributed by atoms with Gasteiger partial charge < -0.3 is 10.6 Å². The van der Waals surface area contributed by atoms with E-state index in [9.17, 15) is 4.39 Å². The Balaban J connectivity index is 2.36. The smallest absolute Gasteiger partial charge is 0.224 e. The molecule has 4 nitrogen and oxygen atoms in total. The van der Waals surface area contributed by atoms with Crippen LogP contribution < -0.4 is 10.6 Å². The third-order valence-corrected chi connectivity index (χ3v) is 3.22. The number of rotatable bonds is 3. The van der Waals surface area contributed by atoms with Gasteiger partial charge in [0.2, 0.25) is 5.95 Å². The van der Waals surface area contributed by atoms with E-state index in [1.165, 1.54) is 6.07 Å². The Bertz CT molecular complexity index is 577. The summed E-state index contributed by atoms with van der Waals surface area (Å²) in [7, 11) is 1.71. The summed E-state index contributed by atoms with van der Waals surface area (Å²) in [5.41, 5.74) is 0.339. The van der Waals surface area contributed by atoms with Gasteiger partial charge in [-0.15, -0.1) is 0 Å². The Hall–Kier alpha value is -1.21. The van der Waals surface area contributed by atoms with Crippen molar-refractivity contribution < 1.29 is 4.39 Å². The molecular weight excluding hydrogens is 367 g/mol. The summed E-state index contributed by atoms with van der Waals surface area (Å²) in [6.45, 7) is 0. The van der Waals surface area contributed by atoms with Crippen LogP contribution in [0.4, 0.5) is 21.8 Å². The fourth-order valence-electron chi connectivity index (χ4n) is 1.30. The first-order valence-electron chi connectivity index (χ1n) is 5.02. The van der Waals surface area contributed by atoms with Crippen molar-refractivity contribution in [1.29, 1.82) is 0 Å². The highest BCUT2D eigenvalue weighted by molar-refractivity contribution is 9.10. The largest absolute Gasteiger partial charge is 0.357 e. The lowest BCUT2D eigenvalue weighted by molar-refractivity contribution is 0.631. The Morgan fingerprint density at radius 1 is 1.28 bits per heavy atom. The van der Waals surface area contributed by atoms with Crippen molar-refractivity contribution in [2.75, 3.05) is 17.7 Å². The van der Waals surface area contributed by atoms with E-state index in [4.69, 9.17) is 0 Å². The van der Waals surface area contributed by atoms with Crippen LogP contribution in [0.3, 0.4) is 0 Å². The SMILES string of the molecule is CNc1ncc(Br)c(Nc2cc(Br)ccc2F)n1. The van der Waals surface area contributed by atoms with Gasteiger partial charge in [-0.3, -0.25) is 0 Å². The number of hydrogen-bond donors (Lipinski definition) is 2. The molecule has 0 unspecified atom stereocenters. The quantitative estimate of drug-likeness (QED) is 0.853. The number of nitrogens with zero attached hydrogens (tertiary/aromatic N) is 2. The van der Waals surface area contributed by atoms with Gasteiger partial charge in [0, 0.05) is 17.7 Å². The molecule has 2 aromatic rings. The lowest BCUT2D eigenvalue weighted by Gasteiger charge is -2.10. The fraction of sp³-hybridized carbons (Fsp3) is 0.0909. The zero-order chi connectivity index (χ0) is 13.1. The molecule has 0 atom stereocenters. The molecule has 0 fully saturated rings. The maximum atomic E-state index is 13.6. The average molecular weight is 376 g/mol. The highest BCUT2D eigenvalue weighted by Crippen LogP contribution is 2.27. The van der Waals surface area contributed by atoms with Gasteiger partial charge in [-0.05, 0) is 34.1 Å². The number of hydrogen-bond acceptors (Lipinski definition) is 4. The molecule has 0 spiro atoms. The second kappa shape index (κ2) is 5.62. The Morgan fingerprint density at radius 3 is 2.78 bits per heavy atom. The molecule has 0 saturated carbocycles. The third-order valence-electron chi connectivity index (χ3n) is 2.15. The Morgan fingerprint density at radius 2 is 2.06 bits per heavy atom. The molecule has 0 bridgehead atoms. The molecule has 0 amide bonds. The monoisotopic (exact) mass is 374 g/mol. The van der Waals surface area contributed by atoms with E-state index in [2.05, 4.69) is 52.5 Å². The zero-order valence-corrected chi connectivity index (χ0v) is 12.5. The maximum absolute atomic E-state index is 13.6. The summed E-state index contributed by atoms with van der Waals surface area (Å²) in [4.78, 5) is 8.22. The molecule has 0 saturated heterocycles. The average Bonchev–Trinajstić information content (AvgIpc) is 2.36. The molecule has 0 aliphatic carbocycles. The molecule has 2 N–H and O–H groups in total. The van der Waals surface area contributed by atoms with Crippen molar-refractivity contribution in [3.05, 3.63) is 39.2 Å². The first kappa shape index (κ1) is 13.2. The van der Waals surface area contributed by atoms with Gasteiger partial charge >= 0.3 is 0 Å². The summed E-state index contributed by atoms with van der Waals surface area (Å²) < 4.78 is 15.0. The standard InChI is InChI=1S/C11H9Br2FN4/c1-15-11-16-5-7(13)10(18-11)17-9-4-6(12)2-3-8(9)14/h2-5H,1H3,(H2,15,16,17,18). The van der Waals surface area contributed by atoms with E-state index in [1.54, 1.807) is 25.4 Å². The first-order chi connectivity index (χ1) is 8.60. The minimum Gasteiger partial charge on any atom is -0.357 e. The van der Waals surface area contributed by atoms with E-state index < -0.39 is 0 Å². The van der Waals surface area contributed by atoms with E-state index in [-0.39, 0.29) is 5.82 Å². The van der Waals surface area contributed by atoms with Crippen molar-refractivity contribution >= 4 is 49.3 Å². The van der Waals surface area contributed by atoms with Crippen molar-refractivity contribution in [2.45, 2.75) is 0 Å². The summed E-state index contributed by atoms with van der Waals surface area (Å²) in [5.74, 6) is 0.595. The molecule has 0 aliphatic rings. The van der Waals surface area contributed by atoms with Gasteiger partial charge in [-0.1, -0.05) is 15.9 Å². The highest BCUT2D eigenvalue weighted by atomic mass is 79.9. The van der Waals surface area contributed by atoms with Crippen LogP contribution in [0.1, 0.15) is 0 Å². The number of aromatic nitrogens is 2. The summed E-state index contributed by atoms with van der Waals surface area (Å²) >= 11 is 6.60. The summed E-state index contributed by atoms with van der Waals surface area (Å²) in [6, 6.07) is 4.65. The molecule has 7 heteroatoms. The molecule has 1 heterocycles. The van der Waals surface area contributed by atoms with Gasteiger partial charge in [0.1, 0.15) is 11.6 Å². The van der Waals surface area contributed by atoms with Crippen molar-refractivity contribution in [1.82, 2.24) is 9.97 Å². The highest BCUT2D eigenvalue weighted by Gasteiger charge is 2.08. The number of halogens is 3. The molecule has 0 aliphatic heterocycles. The van der Waals surface area contributed by atoms with Gasteiger partial charge in [0.15, 0.2) is 0 Å². The molecule has 1 aromatic carbocycles. The van der Waals surface area contributed by atoms with E-state index in [0.717, 1.165) is 4.47 Å². The van der Waals surface area contributed by atoms with Crippen LogP contribution >= 0.6 is 31.9 Å². The normalized spacial score (nSPS) is 10.2. The van der Waals surface area contributed by atoms with Crippen molar-refractivity contribution in [3.63, 3.8) is 0 Å². The van der Waals surface area contributed by atoms with Crippen LogP contribution in [0, 0.1) is 5.82 Å². The minimum absolute atomic E-state index is 0.339. The Labute approximate surface area is 120 Å². The van der Waals surface area contributed by atoms with Crippen molar-refractivity contribution in [2.24, 2.45) is 0 Å². The molecular formula is C11H9Br2FN4. The lowest BCUT2D eigenvalue weighted by Crippen LogP contribution is -2.02.